The summed E-state index contributed by atoms with van der Waals surface area (Å²) in [6.07, 6.45) is 6.24. The van der Waals surface area contributed by atoms with Crippen LogP contribution in [0.4, 0.5) is 0 Å². The molecule has 0 aromatic rings. The van der Waals surface area contributed by atoms with Gasteiger partial charge in [-0.25, -0.2) is 0 Å². The molecule has 58 valence electrons. The Bertz CT molecular complexity index is 108. The van der Waals surface area contributed by atoms with Gasteiger partial charge in [0.2, 0.25) is 0 Å². The van der Waals surface area contributed by atoms with Crippen molar-refractivity contribution >= 4 is 0 Å². The van der Waals surface area contributed by atoms with E-state index in [1.807, 2.05) is 12.2 Å². The number of hydrogen-bond acceptors (Lipinski definition) is 2. The maximum absolute atomic E-state index is 8.85. The number of aliphatic hydroxyl groups excluding tert-OH is 2. The summed E-state index contributed by atoms with van der Waals surface area (Å²) < 4.78 is 0. The Balaban J connectivity index is 3.18. The van der Waals surface area contributed by atoms with Crippen LogP contribution in [-0.2, 0) is 0 Å². The first-order chi connectivity index (χ1) is 4.81. The molecule has 0 fully saturated rings. The summed E-state index contributed by atoms with van der Waals surface area (Å²) in [7, 11) is 0. The van der Waals surface area contributed by atoms with Crippen molar-refractivity contribution < 1.29 is 10.2 Å². The summed E-state index contributed by atoms with van der Waals surface area (Å²) in [5, 5.41) is 17.2. The molecular formula is C8H14O2. The van der Waals surface area contributed by atoms with Crippen molar-refractivity contribution in [3.8, 4) is 0 Å². The van der Waals surface area contributed by atoms with Crippen molar-refractivity contribution in [1.29, 1.82) is 0 Å². The molecule has 0 saturated heterocycles. The zero-order valence-electron chi connectivity index (χ0n) is 6.03. The quantitative estimate of drug-likeness (QED) is 0.559. The summed E-state index contributed by atoms with van der Waals surface area (Å²) in [6.45, 7) is 3.35. The summed E-state index contributed by atoms with van der Waals surface area (Å²) in [6, 6.07) is 0. The van der Waals surface area contributed by atoms with Crippen LogP contribution in [0, 0.1) is 0 Å². The molecule has 2 heteroatoms. The fraction of sp³-hybridized carbons (Fsp3) is 0.500. The first-order valence-corrected chi connectivity index (χ1v) is 3.37. The smallest absolute Gasteiger partial charge is 0.0773 e. The average molecular weight is 142 g/mol. The van der Waals surface area contributed by atoms with E-state index >= 15 is 0 Å². The summed E-state index contributed by atoms with van der Waals surface area (Å²) in [5.41, 5.74) is 0. The Morgan fingerprint density at radius 1 is 1.50 bits per heavy atom. The van der Waals surface area contributed by atoms with Crippen LogP contribution in [0.25, 0.3) is 0 Å². The van der Waals surface area contributed by atoms with E-state index < -0.39 is 6.10 Å². The van der Waals surface area contributed by atoms with Crippen LogP contribution >= 0.6 is 0 Å². The van der Waals surface area contributed by atoms with Crippen molar-refractivity contribution in [3.05, 3.63) is 24.8 Å². The van der Waals surface area contributed by atoms with Gasteiger partial charge in [-0.1, -0.05) is 24.8 Å². The average Bonchev–Trinajstić information content (AvgIpc) is 1.98. The van der Waals surface area contributed by atoms with Crippen LogP contribution in [-0.4, -0.2) is 22.9 Å². The second-order valence-electron chi connectivity index (χ2n) is 2.08. The van der Waals surface area contributed by atoms with E-state index in [2.05, 4.69) is 6.58 Å². The van der Waals surface area contributed by atoms with Gasteiger partial charge in [0, 0.05) is 0 Å². The van der Waals surface area contributed by atoms with Crippen molar-refractivity contribution in [2.75, 3.05) is 6.61 Å². The summed E-state index contributed by atoms with van der Waals surface area (Å²) in [4.78, 5) is 0. The van der Waals surface area contributed by atoms with Crippen LogP contribution < -0.4 is 0 Å². The highest BCUT2D eigenvalue weighted by molar-refractivity contribution is 4.96. The van der Waals surface area contributed by atoms with E-state index in [4.69, 9.17) is 10.2 Å². The SMILES string of the molecule is C=CC=CCCC(O)CO. The van der Waals surface area contributed by atoms with Crippen LogP contribution in [0.15, 0.2) is 24.8 Å². The zero-order chi connectivity index (χ0) is 7.82. The highest BCUT2D eigenvalue weighted by atomic mass is 16.3. The van der Waals surface area contributed by atoms with Gasteiger partial charge < -0.3 is 10.2 Å². The minimum Gasteiger partial charge on any atom is -0.394 e. The van der Waals surface area contributed by atoms with Gasteiger partial charge in [-0.05, 0) is 12.8 Å². The molecule has 0 aliphatic carbocycles. The lowest BCUT2D eigenvalue weighted by Gasteiger charge is -2.02. The standard InChI is InChI=1S/C8H14O2/c1-2-3-4-5-6-8(10)7-9/h2-4,8-10H,1,5-7H2. The van der Waals surface area contributed by atoms with E-state index in [-0.39, 0.29) is 6.61 Å². The van der Waals surface area contributed by atoms with Crippen molar-refractivity contribution in [1.82, 2.24) is 0 Å². The molecule has 0 aliphatic rings. The third-order valence-electron chi connectivity index (χ3n) is 1.15. The molecule has 2 N–H and O–H groups in total. The zero-order valence-corrected chi connectivity index (χ0v) is 6.03. The third kappa shape index (κ3) is 5.54. The van der Waals surface area contributed by atoms with Crippen LogP contribution in [0.1, 0.15) is 12.8 Å². The van der Waals surface area contributed by atoms with Crippen LogP contribution in [0.2, 0.25) is 0 Å². The van der Waals surface area contributed by atoms with Crippen molar-refractivity contribution in [3.63, 3.8) is 0 Å². The predicted octanol–water partition coefficient (Wildman–Crippen LogP) is 0.862. The third-order valence-corrected chi connectivity index (χ3v) is 1.15. The molecule has 10 heavy (non-hydrogen) atoms. The number of rotatable bonds is 5. The Hall–Kier alpha value is -0.600. The van der Waals surface area contributed by atoms with Gasteiger partial charge >= 0.3 is 0 Å². The molecule has 1 atom stereocenters. The summed E-state index contributed by atoms with van der Waals surface area (Å²) in [5.74, 6) is 0. The first kappa shape index (κ1) is 9.40. The van der Waals surface area contributed by atoms with Crippen molar-refractivity contribution in [2.24, 2.45) is 0 Å². The normalized spacial score (nSPS) is 13.8. The van der Waals surface area contributed by atoms with E-state index in [0.29, 0.717) is 6.42 Å². The Morgan fingerprint density at radius 2 is 2.20 bits per heavy atom. The monoisotopic (exact) mass is 142 g/mol. The molecular weight excluding hydrogens is 128 g/mol. The van der Waals surface area contributed by atoms with E-state index in [0.717, 1.165) is 6.42 Å². The lowest BCUT2D eigenvalue weighted by Crippen LogP contribution is -2.10. The minimum absolute atomic E-state index is 0.151. The molecule has 1 unspecified atom stereocenters. The van der Waals surface area contributed by atoms with Gasteiger partial charge in [0.25, 0.3) is 0 Å². The molecule has 0 aliphatic heterocycles. The lowest BCUT2D eigenvalue weighted by molar-refractivity contribution is 0.0891. The minimum atomic E-state index is -0.575. The largest absolute Gasteiger partial charge is 0.394 e. The maximum Gasteiger partial charge on any atom is 0.0773 e. The molecule has 0 aromatic carbocycles. The molecule has 0 saturated carbocycles. The molecule has 2 nitrogen and oxygen atoms in total. The van der Waals surface area contributed by atoms with Crippen molar-refractivity contribution in [2.45, 2.75) is 18.9 Å². The highest BCUT2D eigenvalue weighted by Gasteiger charge is 1.97. The molecule has 0 spiro atoms. The highest BCUT2D eigenvalue weighted by Crippen LogP contribution is 1.96. The number of hydrogen-bond donors (Lipinski definition) is 2. The van der Waals surface area contributed by atoms with Gasteiger partial charge in [-0.15, -0.1) is 0 Å². The molecule has 0 aromatic heterocycles. The second-order valence-corrected chi connectivity index (χ2v) is 2.08. The molecule has 0 amide bonds. The van der Waals surface area contributed by atoms with Gasteiger partial charge in [0.05, 0.1) is 12.7 Å². The Labute approximate surface area is 61.5 Å². The molecule has 0 heterocycles. The van der Waals surface area contributed by atoms with Crippen LogP contribution in [0.3, 0.4) is 0 Å². The van der Waals surface area contributed by atoms with Gasteiger partial charge in [0.15, 0.2) is 0 Å². The maximum atomic E-state index is 8.85. The topological polar surface area (TPSA) is 40.5 Å². The molecule has 0 radical (unpaired) electrons. The lowest BCUT2D eigenvalue weighted by atomic mass is 10.2. The van der Waals surface area contributed by atoms with Gasteiger partial charge in [-0.2, -0.15) is 0 Å². The molecule has 0 bridgehead atoms. The van der Waals surface area contributed by atoms with Gasteiger partial charge in [0.1, 0.15) is 0 Å². The van der Waals surface area contributed by atoms with Crippen LogP contribution in [0.5, 0.6) is 0 Å². The molecule has 0 rings (SSSR count). The predicted molar refractivity (Wildman–Crippen MR) is 41.7 cm³/mol. The summed E-state index contributed by atoms with van der Waals surface area (Å²) >= 11 is 0. The fourth-order valence-electron chi connectivity index (χ4n) is 0.572. The van der Waals surface area contributed by atoms with E-state index in [1.54, 1.807) is 6.08 Å². The first-order valence-electron chi connectivity index (χ1n) is 3.37. The van der Waals surface area contributed by atoms with E-state index in [1.165, 1.54) is 0 Å². The van der Waals surface area contributed by atoms with E-state index in [9.17, 15) is 0 Å². The Morgan fingerprint density at radius 3 is 2.70 bits per heavy atom. The second kappa shape index (κ2) is 6.52. The van der Waals surface area contributed by atoms with Gasteiger partial charge in [-0.3, -0.25) is 0 Å². The number of allylic oxidation sites excluding steroid dienone is 3. The number of aliphatic hydroxyl groups is 2. The fourth-order valence-corrected chi connectivity index (χ4v) is 0.572. The Kier molecular flexibility index (Phi) is 6.13.